The van der Waals surface area contributed by atoms with Crippen LogP contribution in [0.4, 0.5) is 31.1 Å². The van der Waals surface area contributed by atoms with Crippen molar-refractivity contribution in [1.82, 2.24) is 10.2 Å². The fraction of sp³-hybridized carbons (Fsp3) is 0.429. The van der Waals surface area contributed by atoms with Gasteiger partial charge in [-0.05, 0) is 26.3 Å². The maximum atomic E-state index is 13.1. The average molecular weight is 528 g/mol. The van der Waals surface area contributed by atoms with Gasteiger partial charge in [-0.3, -0.25) is 10.1 Å². The summed E-state index contributed by atoms with van der Waals surface area (Å²) in [5, 5.41) is 10.9. The lowest BCUT2D eigenvalue weighted by atomic mass is 10.1. The number of carboxylic acids is 1. The van der Waals surface area contributed by atoms with Gasteiger partial charge < -0.3 is 19.5 Å². The van der Waals surface area contributed by atoms with Crippen molar-refractivity contribution in [2.75, 3.05) is 6.61 Å². The minimum Gasteiger partial charge on any atom is -0.480 e. The smallest absolute Gasteiger partial charge is 0.471 e. The van der Waals surface area contributed by atoms with Crippen LogP contribution in [0.15, 0.2) is 42.1 Å². The molecule has 0 bridgehead atoms. The highest BCUT2D eigenvalue weighted by molar-refractivity contribution is 5.93. The van der Waals surface area contributed by atoms with Crippen LogP contribution in [-0.4, -0.2) is 64.5 Å². The molecule has 2 amide bonds. The number of nitrogens with zero attached hydrogens (tertiary/aromatic N) is 1. The van der Waals surface area contributed by atoms with Crippen molar-refractivity contribution >= 4 is 23.9 Å². The van der Waals surface area contributed by atoms with E-state index in [4.69, 9.17) is 4.74 Å². The van der Waals surface area contributed by atoms with E-state index in [0.717, 1.165) is 0 Å². The van der Waals surface area contributed by atoms with Gasteiger partial charge in [0.15, 0.2) is 6.04 Å². The van der Waals surface area contributed by atoms with Crippen LogP contribution in [0, 0.1) is 0 Å². The molecule has 0 aliphatic carbocycles. The predicted molar refractivity (Wildman–Crippen MR) is 109 cm³/mol. The highest BCUT2D eigenvalue weighted by atomic mass is 19.4. The number of carbonyl (C=O) groups excluding carboxylic acids is 3. The Bertz CT molecular complexity index is 985. The molecule has 1 aromatic carbocycles. The first-order valence-electron chi connectivity index (χ1n) is 9.91. The van der Waals surface area contributed by atoms with Gasteiger partial charge in [0.25, 0.3) is 0 Å². The normalized spacial score (nSPS) is 13.4. The number of nitrogens with one attached hydrogen (secondary N) is 1. The van der Waals surface area contributed by atoms with Gasteiger partial charge in [-0.15, -0.1) is 0 Å². The topological polar surface area (TPSA) is 122 Å². The molecule has 0 aliphatic heterocycles. The highest BCUT2D eigenvalue weighted by Crippen LogP contribution is 2.23. The van der Waals surface area contributed by atoms with Crippen molar-refractivity contribution in [2.45, 2.75) is 51.3 Å². The zero-order valence-electron chi connectivity index (χ0n) is 19.1. The van der Waals surface area contributed by atoms with E-state index in [1.165, 1.54) is 56.4 Å². The van der Waals surface area contributed by atoms with Crippen molar-refractivity contribution in [3.05, 3.63) is 47.7 Å². The molecule has 0 heterocycles. The number of alkyl carbamates (subject to hydrolysis) is 1. The van der Waals surface area contributed by atoms with Crippen LogP contribution in [0.5, 0.6) is 0 Å². The van der Waals surface area contributed by atoms with Gasteiger partial charge in [-0.2, -0.15) is 26.3 Å². The third kappa shape index (κ3) is 10.7. The standard InChI is InChI=1S/C21H22F6N2O7/c1-19(2,3)36-18(34)28-13(9-20(22,23)24)16(32)35-11-14(15(30)31)29(17(33)21(25,26)27)10-12-7-5-4-6-8-12/h4-9,14H,10-11H2,1-3H3,(H,28,34)(H,30,31). The summed E-state index contributed by atoms with van der Waals surface area (Å²) in [6.07, 6.45) is -12.9. The monoisotopic (exact) mass is 528 g/mol. The molecule has 0 spiro atoms. The van der Waals surface area contributed by atoms with Crippen molar-refractivity contribution in [3.8, 4) is 0 Å². The Morgan fingerprint density at radius 3 is 2.03 bits per heavy atom. The summed E-state index contributed by atoms with van der Waals surface area (Å²) >= 11 is 0. The zero-order valence-corrected chi connectivity index (χ0v) is 19.1. The van der Waals surface area contributed by atoms with E-state index >= 15 is 0 Å². The molecule has 0 aromatic heterocycles. The Morgan fingerprint density at radius 2 is 1.58 bits per heavy atom. The van der Waals surface area contributed by atoms with Crippen molar-refractivity contribution < 1.29 is 60.1 Å². The number of alkyl halides is 6. The number of allylic oxidation sites excluding steroid dienone is 1. The molecule has 0 radical (unpaired) electrons. The first-order valence-corrected chi connectivity index (χ1v) is 9.91. The van der Waals surface area contributed by atoms with E-state index < -0.39 is 72.9 Å². The molecular formula is C21H22F6N2O7. The number of esters is 1. The van der Waals surface area contributed by atoms with Gasteiger partial charge in [-0.1, -0.05) is 30.3 Å². The van der Waals surface area contributed by atoms with Crippen LogP contribution in [0.2, 0.25) is 0 Å². The van der Waals surface area contributed by atoms with Gasteiger partial charge in [0, 0.05) is 6.54 Å². The number of hydrogen-bond donors (Lipinski definition) is 2. The van der Waals surface area contributed by atoms with Crippen LogP contribution < -0.4 is 5.32 Å². The molecule has 15 heteroatoms. The molecule has 0 fully saturated rings. The largest absolute Gasteiger partial charge is 0.480 e. The second kappa shape index (κ2) is 11.8. The third-order valence-electron chi connectivity index (χ3n) is 3.90. The fourth-order valence-electron chi connectivity index (χ4n) is 2.52. The summed E-state index contributed by atoms with van der Waals surface area (Å²) in [7, 11) is 0. The summed E-state index contributed by atoms with van der Waals surface area (Å²) in [5.41, 5.74) is -2.63. The molecule has 0 aliphatic rings. The van der Waals surface area contributed by atoms with E-state index in [1.807, 2.05) is 0 Å². The Morgan fingerprint density at radius 1 is 1.03 bits per heavy atom. The summed E-state index contributed by atoms with van der Waals surface area (Å²) in [5.74, 6) is -6.57. The van der Waals surface area contributed by atoms with E-state index in [-0.39, 0.29) is 10.5 Å². The SMILES string of the molecule is CC(C)(C)OC(=O)NC(=CC(F)(F)F)C(=O)OCC(C(=O)O)N(Cc1ccccc1)C(=O)C(F)(F)F. The number of ether oxygens (including phenoxy) is 2. The Balaban J connectivity index is 3.20. The number of benzene rings is 1. The van der Waals surface area contributed by atoms with E-state index in [1.54, 1.807) is 0 Å². The number of carboxylic acid groups (broad SMARTS) is 1. The fourth-order valence-corrected chi connectivity index (χ4v) is 2.52. The molecule has 1 atom stereocenters. The first kappa shape index (κ1) is 30.3. The molecule has 9 nitrogen and oxygen atoms in total. The van der Waals surface area contributed by atoms with Gasteiger partial charge in [0.2, 0.25) is 0 Å². The minimum atomic E-state index is -5.52. The molecular weight excluding hydrogens is 506 g/mol. The molecule has 36 heavy (non-hydrogen) atoms. The van der Waals surface area contributed by atoms with E-state index in [2.05, 4.69) is 4.74 Å². The first-order chi connectivity index (χ1) is 16.3. The van der Waals surface area contributed by atoms with Crippen LogP contribution >= 0.6 is 0 Å². The van der Waals surface area contributed by atoms with Crippen molar-refractivity contribution in [1.29, 1.82) is 0 Å². The quantitative estimate of drug-likeness (QED) is 0.301. The van der Waals surface area contributed by atoms with Crippen molar-refractivity contribution in [3.63, 3.8) is 0 Å². The average Bonchev–Trinajstić information content (AvgIpc) is 2.69. The Labute approximate surface area is 200 Å². The van der Waals surface area contributed by atoms with Gasteiger partial charge in [-0.25, -0.2) is 14.4 Å². The van der Waals surface area contributed by atoms with E-state index in [9.17, 15) is 50.6 Å². The van der Waals surface area contributed by atoms with Gasteiger partial charge in [0.05, 0.1) is 6.08 Å². The second-order valence-electron chi connectivity index (χ2n) is 8.10. The summed E-state index contributed by atoms with van der Waals surface area (Å²) in [6, 6.07) is 4.43. The minimum absolute atomic E-state index is 0.0805. The molecule has 200 valence electrons. The highest BCUT2D eigenvalue weighted by Gasteiger charge is 2.46. The molecule has 0 saturated heterocycles. The van der Waals surface area contributed by atoms with Crippen LogP contribution in [0.25, 0.3) is 0 Å². The lowest BCUT2D eigenvalue weighted by Gasteiger charge is -2.29. The molecule has 1 aromatic rings. The Hall–Kier alpha value is -3.78. The predicted octanol–water partition coefficient (Wildman–Crippen LogP) is 3.54. The molecule has 1 unspecified atom stereocenters. The summed E-state index contributed by atoms with van der Waals surface area (Å²) < 4.78 is 87.1. The number of carbonyl (C=O) groups is 4. The van der Waals surface area contributed by atoms with Crippen molar-refractivity contribution in [2.24, 2.45) is 0 Å². The summed E-state index contributed by atoms with van der Waals surface area (Å²) in [4.78, 5) is 47.5. The van der Waals surface area contributed by atoms with Crippen LogP contribution in [0.3, 0.4) is 0 Å². The maximum absolute atomic E-state index is 13.1. The third-order valence-corrected chi connectivity index (χ3v) is 3.90. The molecule has 2 N–H and O–H groups in total. The van der Waals surface area contributed by atoms with Crippen LogP contribution in [0.1, 0.15) is 26.3 Å². The number of amides is 2. The lowest BCUT2D eigenvalue weighted by molar-refractivity contribution is -0.192. The second-order valence-corrected chi connectivity index (χ2v) is 8.10. The lowest BCUT2D eigenvalue weighted by Crippen LogP contribution is -2.52. The number of aliphatic carboxylic acids is 1. The molecule has 1 rings (SSSR count). The van der Waals surface area contributed by atoms with Gasteiger partial charge >= 0.3 is 36.3 Å². The number of rotatable bonds is 8. The number of halogens is 6. The molecule has 0 saturated carbocycles. The maximum Gasteiger partial charge on any atom is 0.471 e. The van der Waals surface area contributed by atoms with Gasteiger partial charge in [0.1, 0.15) is 17.9 Å². The summed E-state index contributed by atoms with van der Waals surface area (Å²) in [6.45, 7) is 1.75. The number of hydrogen-bond acceptors (Lipinski definition) is 6. The van der Waals surface area contributed by atoms with E-state index in [0.29, 0.717) is 0 Å². The zero-order chi connectivity index (χ0) is 27.9. The van der Waals surface area contributed by atoms with Crippen LogP contribution in [-0.2, 0) is 30.4 Å². The Kier molecular flexibility index (Phi) is 9.89.